The van der Waals surface area contributed by atoms with E-state index in [2.05, 4.69) is 9.47 Å². The molecule has 2 aromatic rings. The molecule has 0 saturated carbocycles. The number of hydrogen-bond donors (Lipinski definition) is 1. The van der Waals surface area contributed by atoms with E-state index in [0.717, 1.165) is 23.4 Å². The lowest BCUT2D eigenvalue weighted by atomic mass is 10.3. The number of hydrogen-bond acceptors (Lipinski definition) is 7. The van der Waals surface area contributed by atoms with Crippen LogP contribution in [0.1, 0.15) is 5.56 Å². The fraction of sp³-hybridized carbons (Fsp3) is 0.400. The van der Waals surface area contributed by atoms with Gasteiger partial charge in [0.1, 0.15) is 9.90 Å². The lowest BCUT2D eigenvalue weighted by Crippen LogP contribution is -2.17. The Morgan fingerprint density at radius 2 is 2.21 bits per heavy atom. The Hall–Kier alpha value is -1.61. The molecule has 9 heteroatoms. The van der Waals surface area contributed by atoms with Crippen LogP contribution in [-0.4, -0.2) is 35.9 Å². The number of anilines is 2. The normalized spacial score (nSPS) is 11.7. The predicted molar refractivity (Wildman–Crippen MR) is 75.0 cm³/mol. The summed E-state index contributed by atoms with van der Waals surface area (Å²) in [6, 6.07) is 0. The van der Waals surface area contributed by atoms with E-state index >= 15 is 0 Å². The van der Waals surface area contributed by atoms with Crippen molar-refractivity contribution in [2.45, 2.75) is 11.4 Å². The molecule has 0 spiro atoms. The van der Waals surface area contributed by atoms with Crippen LogP contribution >= 0.6 is 11.5 Å². The number of nitrogens with zero attached hydrogens (tertiary/aromatic N) is 4. The van der Waals surface area contributed by atoms with Gasteiger partial charge in [0.2, 0.25) is 0 Å². The van der Waals surface area contributed by atoms with Gasteiger partial charge in [0.25, 0.3) is 0 Å². The lowest BCUT2D eigenvalue weighted by molar-refractivity contribution is 0.602. The highest BCUT2D eigenvalue weighted by atomic mass is 32.2. The second-order valence-electron chi connectivity index (χ2n) is 4.35. The zero-order chi connectivity index (χ0) is 14.2. The van der Waals surface area contributed by atoms with Crippen molar-refractivity contribution in [2.75, 3.05) is 23.9 Å². The van der Waals surface area contributed by atoms with Crippen molar-refractivity contribution in [3.63, 3.8) is 0 Å². The van der Waals surface area contributed by atoms with Crippen molar-refractivity contribution in [2.24, 2.45) is 7.05 Å². The van der Waals surface area contributed by atoms with Crippen LogP contribution in [-0.2, 0) is 23.4 Å². The first-order valence-corrected chi connectivity index (χ1v) is 8.09. The SMILES string of the molecule is CN(Cc1cnn(C)c1)c1snc(N)c1S(C)(=O)=O. The van der Waals surface area contributed by atoms with E-state index in [0.29, 0.717) is 11.5 Å². The van der Waals surface area contributed by atoms with Gasteiger partial charge in [-0.3, -0.25) is 4.68 Å². The molecule has 2 heterocycles. The Kier molecular flexibility index (Phi) is 3.50. The summed E-state index contributed by atoms with van der Waals surface area (Å²) in [5.41, 5.74) is 6.62. The quantitative estimate of drug-likeness (QED) is 0.883. The number of rotatable bonds is 4. The van der Waals surface area contributed by atoms with Gasteiger partial charge in [-0.05, 0) is 11.5 Å². The molecule has 0 fully saturated rings. The van der Waals surface area contributed by atoms with Gasteiger partial charge in [0.15, 0.2) is 15.7 Å². The second-order valence-corrected chi connectivity index (χ2v) is 7.06. The number of nitrogens with two attached hydrogens (primary N) is 1. The molecule has 0 saturated heterocycles. The molecule has 19 heavy (non-hydrogen) atoms. The second kappa shape index (κ2) is 4.82. The zero-order valence-corrected chi connectivity index (χ0v) is 12.5. The van der Waals surface area contributed by atoms with Crippen LogP contribution in [0.15, 0.2) is 17.3 Å². The van der Waals surface area contributed by atoms with Crippen molar-refractivity contribution in [3.05, 3.63) is 18.0 Å². The van der Waals surface area contributed by atoms with Crippen molar-refractivity contribution >= 4 is 32.2 Å². The van der Waals surface area contributed by atoms with Crippen LogP contribution in [0.3, 0.4) is 0 Å². The molecule has 0 aliphatic heterocycles. The van der Waals surface area contributed by atoms with E-state index in [1.54, 1.807) is 22.8 Å². The summed E-state index contributed by atoms with van der Waals surface area (Å²) in [4.78, 5) is 1.91. The van der Waals surface area contributed by atoms with Crippen molar-refractivity contribution in [1.29, 1.82) is 0 Å². The van der Waals surface area contributed by atoms with Gasteiger partial charge >= 0.3 is 0 Å². The van der Waals surface area contributed by atoms with Gasteiger partial charge in [-0.1, -0.05) is 0 Å². The average Bonchev–Trinajstić information content (AvgIpc) is 2.84. The Bertz CT molecular complexity index is 689. The molecule has 7 nitrogen and oxygen atoms in total. The molecule has 0 aliphatic carbocycles. The number of sulfone groups is 1. The smallest absolute Gasteiger partial charge is 0.182 e. The molecule has 0 radical (unpaired) electrons. The molecular weight excluding hydrogens is 286 g/mol. The third-order valence-electron chi connectivity index (χ3n) is 2.55. The number of nitrogen functional groups attached to an aromatic ring is 1. The highest BCUT2D eigenvalue weighted by Gasteiger charge is 2.23. The van der Waals surface area contributed by atoms with Crippen LogP contribution in [0.2, 0.25) is 0 Å². The predicted octanol–water partition coefficient (Wildman–Crippen LogP) is 0.499. The first kappa shape index (κ1) is 13.8. The minimum absolute atomic E-state index is 0.0561. The number of aryl methyl sites for hydroxylation is 1. The monoisotopic (exact) mass is 301 g/mol. The molecule has 0 bridgehead atoms. The van der Waals surface area contributed by atoms with Gasteiger partial charge in [-0.25, -0.2) is 8.42 Å². The summed E-state index contributed by atoms with van der Waals surface area (Å²) in [5.74, 6) is 0.0561. The van der Waals surface area contributed by atoms with Crippen molar-refractivity contribution < 1.29 is 8.42 Å². The molecule has 0 aromatic carbocycles. The van der Waals surface area contributed by atoms with Crippen LogP contribution in [0.25, 0.3) is 0 Å². The minimum Gasteiger partial charge on any atom is -0.382 e. The minimum atomic E-state index is -3.39. The van der Waals surface area contributed by atoms with Gasteiger partial charge in [-0.15, -0.1) is 0 Å². The van der Waals surface area contributed by atoms with Crippen LogP contribution in [0, 0.1) is 0 Å². The zero-order valence-electron chi connectivity index (χ0n) is 10.9. The lowest BCUT2D eigenvalue weighted by Gasteiger charge is -2.17. The molecule has 2 N–H and O–H groups in total. The molecule has 2 rings (SSSR count). The summed E-state index contributed by atoms with van der Waals surface area (Å²) in [7, 11) is 0.237. The maximum absolute atomic E-state index is 11.7. The first-order valence-electron chi connectivity index (χ1n) is 5.43. The van der Waals surface area contributed by atoms with E-state index in [1.165, 1.54) is 0 Å². The van der Waals surface area contributed by atoms with Gasteiger partial charge in [-0.2, -0.15) is 9.47 Å². The van der Waals surface area contributed by atoms with E-state index < -0.39 is 9.84 Å². The third-order valence-corrected chi connectivity index (χ3v) is 4.80. The standard InChI is InChI=1S/C10H15N5O2S2/c1-14(5-7-4-12-15(2)6-7)10-8(19(3,16)17)9(11)13-18-10/h4,6H,5H2,1-3H3,(H2,11,13). The van der Waals surface area contributed by atoms with Crippen molar-refractivity contribution in [1.82, 2.24) is 14.2 Å². The fourth-order valence-corrected chi connectivity index (χ4v) is 3.97. The van der Waals surface area contributed by atoms with Crippen LogP contribution < -0.4 is 10.6 Å². The van der Waals surface area contributed by atoms with Gasteiger partial charge in [0, 0.05) is 38.7 Å². The highest BCUT2D eigenvalue weighted by molar-refractivity contribution is 7.91. The fourth-order valence-electron chi connectivity index (χ4n) is 1.78. The largest absolute Gasteiger partial charge is 0.382 e. The summed E-state index contributed by atoms with van der Waals surface area (Å²) in [6.07, 6.45) is 4.75. The Morgan fingerprint density at radius 1 is 1.53 bits per heavy atom. The van der Waals surface area contributed by atoms with E-state index in [-0.39, 0.29) is 10.7 Å². The molecule has 0 amide bonds. The number of aromatic nitrogens is 3. The summed E-state index contributed by atoms with van der Waals surface area (Å²) < 4.78 is 29.1. The highest BCUT2D eigenvalue weighted by Crippen LogP contribution is 2.34. The van der Waals surface area contributed by atoms with E-state index in [9.17, 15) is 8.42 Å². The molecule has 0 atom stereocenters. The maximum Gasteiger partial charge on any atom is 0.182 e. The average molecular weight is 301 g/mol. The van der Waals surface area contributed by atoms with Crippen molar-refractivity contribution in [3.8, 4) is 0 Å². The first-order chi connectivity index (χ1) is 8.79. The Morgan fingerprint density at radius 3 is 2.74 bits per heavy atom. The topological polar surface area (TPSA) is 94.1 Å². The summed E-state index contributed by atoms with van der Waals surface area (Å²) in [5, 5.41) is 4.62. The summed E-state index contributed by atoms with van der Waals surface area (Å²) in [6.45, 7) is 0.540. The van der Waals surface area contributed by atoms with Gasteiger partial charge < -0.3 is 10.6 Å². The third kappa shape index (κ3) is 2.87. The van der Waals surface area contributed by atoms with Crippen LogP contribution in [0.4, 0.5) is 10.8 Å². The molecule has 104 valence electrons. The molecule has 0 aliphatic rings. The Balaban J connectivity index is 2.32. The van der Waals surface area contributed by atoms with Crippen LogP contribution in [0.5, 0.6) is 0 Å². The molecule has 0 unspecified atom stereocenters. The summed E-state index contributed by atoms with van der Waals surface area (Å²) >= 11 is 1.08. The molecule has 2 aromatic heterocycles. The molecular formula is C10H15N5O2S2. The Labute approximate surface area is 115 Å². The maximum atomic E-state index is 11.7. The van der Waals surface area contributed by atoms with E-state index in [4.69, 9.17) is 5.73 Å². The van der Waals surface area contributed by atoms with Gasteiger partial charge in [0.05, 0.1) is 6.20 Å². The van der Waals surface area contributed by atoms with E-state index in [1.807, 2.05) is 13.2 Å².